The van der Waals surface area contributed by atoms with Gasteiger partial charge >= 0.3 is 0 Å². The number of amides is 1. The number of ether oxygens (including phenoxy) is 1. The largest absolute Gasteiger partial charge is 0.375 e. The van der Waals surface area contributed by atoms with Crippen LogP contribution < -0.4 is 5.73 Å². The monoisotopic (exact) mass is 379 g/mol. The second-order valence-corrected chi connectivity index (χ2v) is 7.90. The van der Waals surface area contributed by atoms with Crippen LogP contribution in [0.5, 0.6) is 0 Å². The van der Waals surface area contributed by atoms with Gasteiger partial charge in [-0.2, -0.15) is 0 Å². The summed E-state index contributed by atoms with van der Waals surface area (Å²) in [6.07, 6.45) is 0.386. The highest BCUT2D eigenvalue weighted by molar-refractivity contribution is 5.77. The average molecular weight is 380 g/mol. The number of hydrogen-bond donors (Lipinski definition) is 1. The molecule has 1 unspecified atom stereocenters. The summed E-state index contributed by atoms with van der Waals surface area (Å²) in [5.74, 6) is 0.368. The van der Waals surface area contributed by atoms with Crippen LogP contribution in [0.2, 0.25) is 0 Å². The van der Waals surface area contributed by atoms with Crippen molar-refractivity contribution in [2.75, 3.05) is 32.8 Å². The highest BCUT2D eigenvalue weighted by Crippen LogP contribution is 2.27. The predicted octanol–water partition coefficient (Wildman–Crippen LogP) is 2.23. The van der Waals surface area contributed by atoms with Gasteiger partial charge in [0.25, 0.3) is 0 Å². The van der Waals surface area contributed by atoms with E-state index in [1.807, 2.05) is 29.2 Å². The van der Waals surface area contributed by atoms with Gasteiger partial charge in [-0.3, -0.25) is 9.69 Å². The Balaban J connectivity index is 1.31. The highest BCUT2D eigenvalue weighted by atomic mass is 16.5. The zero-order valence-electron chi connectivity index (χ0n) is 16.2. The minimum absolute atomic E-state index is 0.00629. The van der Waals surface area contributed by atoms with Crippen LogP contribution in [0.15, 0.2) is 60.7 Å². The molecule has 0 saturated carbocycles. The van der Waals surface area contributed by atoms with Gasteiger partial charge in [-0.1, -0.05) is 60.7 Å². The van der Waals surface area contributed by atoms with Crippen molar-refractivity contribution in [2.45, 2.75) is 31.0 Å². The van der Waals surface area contributed by atoms with Gasteiger partial charge in [0, 0.05) is 44.7 Å². The quantitative estimate of drug-likeness (QED) is 0.866. The first-order valence-corrected chi connectivity index (χ1v) is 10.2. The summed E-state index contributed by atoms with van der Waals surface area (Å²) in [4.78, 5) is 17.2. The van der Waals surface area contributed by atoms with E-state index >= 15 is 0 Å². The molecule has 2 heterocycles. The van der Waals surface area contributed by atoms with E-state index in [1.165, 1.54) is 11.1 Å². The van der Waals surface area contributed by atoms with Crippen LogP contribution >= 0.6 is 0 Å². The molecule has 3 atom stereocenters. The van der Waals surface area contributed by atoms with E-state index in [4.69, 9.17) is 10.5 Å². The number of morpholine rings is 1. The number of benzene rings is 2. The fourth-order valence-corrected chi connectivity index (χ4v) is 4.30. The van der Waals surface area contributed by atoms with Crippen molar-refractivity contribution in [1.29, 1.82) is 0 Å². The van der Waals surface area contributed by atoms with Gasteiger partial charge in [0.15, 0.2) is 0 Å². The third-order valence-electron chi connectivity index (χ3n) is 5.82. The SMILES string of the molecule is N[C@@H]1CN(C(=O)CC2CN(Cc3ccccc3)CCO2)C[C@H]1c1ccccc1. The first kappa shape index (κ1) is 19.1. The Morgan fingerprint density at radius 3 is 2.46 bits per heavy atom. The normalized spacial score (nSPS) is 25.8. The lowest BCUT2D eigenvalue weighted by atomic mass is 9.95. The zero-order chi connectivity index (χ0) is 19.3. The maximum absolute atomic E-state index is 12.9. The van der Waals surface area contributed by atoms with Crippen LogP contribution in [0.4, 0.5) is 0 Å². The minimum atomic E-state index is -0.0445. The van der Waals surface area contributed by atoms with Crippen molar-refractivity contribution in [3.8, 4) is 0 Å². The van der Waals surface area contributed by atoms with Crippen molar-refractivity contribution in [3.63, 3.8) is 0 Å². The van der Waals surface area contributed by atoms with Gasteiger partial charge in [-0.25, -0.2) is 0 Å². The number of nitrogens with two attached hydrogens (primary N) is 1. The lowest BCUT2D eigenvalue weighted by Crippen LogP contribution is -2.44. The fraction of sp³-hybridized carbons (Fsp3) is 0.435. The summed E-state index contributed by atoms with van der Waals surface area (Å²) >= 11 is 0. The molecule has 0 aromatic heterocycles. The van der Waals surface area contributed by atoms with Gasteiger partial charge in [-0.15, -0.1) is 0 Å². The second-order valence-electron chi connectivity index (χ2n) is 7.90. The molecule has 5 heteroatoms. The summed E-state index contributed by atoms with van der Waals surface area (Å²) in [5, 5.41) is 0. The van der Waals surface area contributed by atoms with E-state index in [1.54, 1.807) is 0 Å². The zero-order valence-corrected chi connectivity index (χ0v) is 16.2. The maximum Gasteiger partial charge on any atom is 0.225 e. The Labute approximate surface area is 167 Å². The molecule has 28 heavy (non-hydrogen) atoms. The molecule has 2 fully saturated rings. The third-order valence-corrected chi connectivity index (χ3v) is 5.82. The molecule has 0 radical (unpaired) electrons. The molecule has 1 amide bonds. The van der Waals surface area contributed by atoms with Crippen molar-refractivity contribution < 1.29 is 9.53 Å². The highest BCUT2D eigenvalue weighted by Gasteiger charge is 2.35. The number of hydrogen-bond acceptors (Lipinski definition) is 4. The molecule has 2 aromatic rings. The Morgan fingerprint density at radius 2 is 1.71 bits per heavy atom. The van der Waals surface area contributed by atoms with E-state index in [0.29, 0.717) is 26.1 Å². The molecule has 2 aromatic carbocycles. The van der Waals surface area contributed by atoms with Gasteiger partial charge in [-0.05, 0) is 11.1 Å². The first-order chi connectivity index (χ1) is 13.7. The van der Waals surface area contributed by atoms with Crippen molar-refractivity contribution in [1.82, 2.24) is 9.80 Å². The Morgan fingerprint density at radius 1 is 1.00 bits per heavy atom. The van der Waals surface area contributed by atoms with Crippen LogP contribution in [0.3, 0.4) is 0 Å². The van der Waals surface area contributed by atoms with Gasteiger partial charge in [0.05, 0.1) is 19.1 Å². The van der Waals surface area contributed by atoms with Crippen molar-refractivity contribution in [2.24, 2.45) is 5.73 Å². The van der Waals surface area contributed by atoms with E-state index in [0.717, 1.165) is 19.6 Å². The Hall–Kier alpha value is -2.21. The molecule has 5 nitrogen and oxygen atoms in total. The van der Waals surface area contributed by atoms with Crippen LogP contribution in [0.1, 0.15) is 23.5 Å². The molecule has 0 spiro atoms. The summed E-state index contributed by atoms with van der Waals surface area (Å²) in [6, 6.07) is 20.7. The number of rotatable bonds is 5. The lowest BCUT2D eigenvalue weighted by Gasteiger charge is -2.33. The molecule has 0 bridgehead atoms. The van der Waals surface area contributed by atoms with Gasteiger partial charge in [0.1, 0.15) is 0 Å². The summed E-state index contributed by atoms with van der Waals surface area (Å²) in [6.45, 7) is 4.60. The van der Waals surface area contributed by atoms with E-state index in [9.17, 15) is 4.79 Å². The molecule has 2 aliphatic heterocycles. The minimum Gasteiger partial charge on any atom is -0.375 e. The van der Waals surface area contributed by atoms with Crippen molar-refractivity contribution >= 4 is 5.91 Å². The van der Waals surface area contributed by atoms with Crippen molar-refractivity contribution in [3.05, 3.63) is 71.8 Å². The van der Waals surface area contributed by atoms with Crippen LogP contribution in [0, 0.1) is 0 Å². The first-order valence-electron chi connectivity index (χ1n) is 10.2. The average Bonchev–Trinajstić information content (AvgIpc) is 3.12. The number of likely N-dealkylation sites (tertiary alicyclic amines) is 1. The molecular weight excluding hydrogens is 350 g/mol. The molecule has 2 aliphatic rings. The summed E-state index contributed by atoms with van der Waals surface area (Å²) in [5.41, 5.74) is 8.86. The maximum atomic E-state index is 12.9. The topological polar surface area (TPSA) is 58.8 Å². The van der Waals surface area contributed by atoms with E-state index < -0.39 is 0 Å². The van der Waals surface area contributed by atoms with Crippen LogP contribution in [-0.2, 0) is 16.1 Å². The molecular formula is C23H29N3O2. The molecule has 2 N–H and O–H groups in total. The number of nitrogens with zero attached hydrogens (tertiary/aromatic N) is 2. The van der Waals surface area contributed by atoms with E-state index in [-0.39, 0.29) is 24.0 Å². The number of carbonyl (C=O) groups excluding carboxylic acids is 1. The molecule has 148 valence electrons. The van der Waals surface area contributed by atoms with E-state index in [2.05, 4.69) is 41.3 Å². The van der Waals surface area contributed by atoms with Gasteiger partial charge < -0.3 is 15.4 Å². The summed E-state index contributed by atoms with van der Waals surface area (Å²) in [7, 11) is 0. The van der Waals surface area contributed by atoms with Crippen LogP contribution in [-0.4, -0.2) is 60.6 Å². The predicted molar refractivity (Wildman–Crippen MR) is 110 cm³/mol. The molecule has 0 aliphatic carbocycles. The Bertz CT molecular complexity index is 768. The number of carbonyl (C=O) groups is 1. The second kappa shape index (κ2) is 8.86. The summed E-state index contributed by atoms with van der Waals surface area (Å²) < 4.78 is 5.89. The smallest absolute Gasteiger partial charge is 0.225 e. The standard InChI is InChI=1S/C23H29N3O2/c24-22-17-26(16-21(22)19-9-5-2-6-10-19)23(27)13-20-15-25(11-12-28-20)14-18-7-3-1-4-8-18/h1-10,20-22H,11-17,24H2/t20?,21-,22+/m0/s1. The third kappa shape index (κ3) is 4.61. The molecule has 4 rings (SSSR count). The molecule has 2 saturated heterocycles. The Kier molecular flexibility index (Phi) is 6.05. The van der Waals surface area contributed by atoms with Crippen LogP contribution in [0.25, 0.3) is 0 Å². The lowest BCUT2D eigenvalue weighted by molar-refractivity contribution is -0.135. The fourth-order valence-electron chi connectivity index (χ4n) is 4.30. The van der Waals surface area contributed by atoms with Gasteiger partial charge in [0.2, 0.25) is 5.91 Å².